The van der Waals surface area contributed by atoms with Crippen LogP contribution in [0.4, 0.5) is 0 Å². The van der Waals surface area contributed by atoms with E-state index in [0.29, 0.717) is 24.4 Å². The van der Waals surface area contributed by atoms with Crippen molar-refractivity contribution in [3.8, 4) is 5.75 Å². The Morgan fingerprint density at radius 2 is 2.05 bits per heavy atom. The molecule has 0 amide bonds. The Hall–Kier alpha value is -1.97. The highest BCUT2D eigenvalue weighted by Gasteiger charge is 2.29. The molecule has 19 heavy (non-hydrogen) atoms. The quantitative estimate of drug-likeness (QED) is 0.782. The summed E-state index contributed by atoms with van der Waals surface area (Å²) < 4.78 is 15.9. The zero-order valence-electron chi connectivity index (χ0n) is 11.4. The van der Waals surface area contributed by atoms with Crippen LogP contribution in [-0.2, 0) is 14.3 Å². The number of benzene rings is 1. The molecule has 0 spiro atoms. The Labute approximate surface area is 113 Å². The van der Waals surface area contributed by atoms with E-state index in [0.717, 1.165) is 11.3 Å². The normalized spacial score (nSPS) is 18.2. The lowest BCUT2D eigenvalue weighted by Gasteiger charge is -2.12. The molecule has 0 aliphatic carbocycles. The molecule has 0 bridgehead atoms. The SMILES string of the molecule is CCOC(=O)C1=C(C)OC(c2ccc(OC)cc2)C1. The van der Waals surface area contributed by atoms with Crippen LogP contribution < -0.4 is 4.74 Å². The molecule has 0 radical (unpaired) electrons. The van der Waals surface area contributed by atoms with Gasteiger partial charge in [0.25, 0.3) is 0 Å². The molecule has 1 atom stereocenters. The van der Waals surface area contributed by atoms with Gasteiger partial charge >= 0.3 is 5.97 Å². The Morgan fingerprint density at radius 3 is 2.63 bits per heavy atom. The Morgan fingerprint density at radius 1 is 1.37 bits per heavy atom. The van der Waals surface area contributed by atoms with Crippen LogP contribution in [-0.4, -0.2) is 19.7 Å². The van der Waals surface area contributed by atoms with E-state index in [4.69, 9.17) is 14.2 Å². The third-order valence-corrected chi connectivity index (χ3v) is 3.14. The second kappa shape index (κ2) is 5.78. The van der Waals surface area contributed by atoms with Crippen LogP contribution in [0.25, 0.3) is 0 Å². The molecule has 0 N–H and O–H groups in total. The Kier molecular flexibility index (Phi) is 4.10. The van der Waals surface area contributed by atoms with E-state index >= 15 is 0 Å². The van der Waals surface area contributed by atoms with Gasteiger partial charge in [-0.05, 0) is 31.5 Å². The van der Waals surface area contributed by atoms with Crippen molar-refractivity contribution in [2.24, 2.45) is 0 Å². The smallest absolute Gasteiger partial charge is 0.337 e. The third kappa shape index (κ3) is 2.89. The lowest BCUT2D eigenvalue weighted by molar-refractivity contribution is -0.138. The maximum atomic E-state index is 11.8. The highest BCUT2D eigenvalue weighted by atomic mass is 16.5. The molecule has 4 heteroatoms. The van der Waals surface area contributed by atoms with Crippen LogP contribution in [0.5, 0.6) is 5.75 Å². The molecule has 0 saturated heterocycles. The molecular weight excluding hydrogens is 244 g/mol. The minimum atomic E-state index is -0.281. The first-order valence-corrected chi connectivity index (χ1v) is 6.33. The average molecular weight is 262 g/mol. The highest BCUT2D eigenvalue weighted by Crippen LogP contribution is 2.36. The number of esters is 1. The molecule has 102 valence electrons. The molecule has 0 aromatic heterocycles. The van der Waals surface area contributed by atoms with Gasteiger partial charge in [-0.25, -0.2) is 4.79 Å². The third-order valence-electron chi connectivity index (χ3n) is 3.14. The summed E-state index contributed by atoms with van der Waals surface area (Å²) in [5.74, 6) is 1.17. The van der Waals surface area contributed by atoms with E-state index in [1.54, 1.807) is 21.0 Å². The van der Waals surface area contributed by atoms with Gasteiger partial charge in [-0.15, -0.1) is 0 Å². The first-order valence-electron chi connectivity index (χ1n) is 6.33. The van der Waals surface area contributed by atoms with Crippen LogP contribution in [0.3, 0.4) is 0 Å². The number of rotatable bonds is 4. The van der Waals surface area contributed by atoms with E-state index in [9.17, 15) is 4.79 Å². The van der Waals surface area contributed by atoms with Gasteiger partial charge in [-0.3, -0.25) is 0 Å². The second-order valence-corrected chi connectivity index (χ2v) is 4.34. The summed E-state index contributed by atoms with van der Waals surface area (Å²) in [5, 5.41) is 0. The minimum Gasteiger partial charge on any atom is -0.497 e. The maximum Gasteiger partial charge on any atom is 0.337 e. The van der Waals surface area contributed by atoms with Crippen LogP contribution in [0.2, 0.25) is 0 Å². The van der Waals surface area contributed by atoms with E-state index in [-0.39, 0.29) is 12.1 Å². The molecule has 1 aromatic carbocycles. The van der Waals surface area contributed by atoms with Crippen molar-refractivity contribution in [3.63, 3.8) is 0 Å². The number of allylic oxidation sites excluding steroid dienone is 1. The van der Waals surface area contributed by atoms with Crippen LogP contribution >= 0.6 is 0 Å². The largest absolute Gasteiger partial charge is 0.497 e. The number of carbonyl (C=O) groups is 1. The van der Waals surface area contributed by atoms with E-state index in [1.807, 2.05) is 24.3 Å². The number of hydrogen-bond donors (Lipinski definition) is 0. The molecular formula is C15H18O4. The van der Waals surface area contributed by atoms with Crippen molar-refractivity contribution in [2.45, 2.75) is 26.4 Å². The summed E-state index contributed by atoms with van der Waals surface area (Å²) in [6, 6.07) is 7.67. The first kappa shape index (κ1) is 13.5. The summed E-state index contributed by atoms with van der Waals surface area (Å²) in [5.41, 5.74) is 1.65. The van der Waals surface area contributed by atoms with Crippen LogP contribution in [0, 0.1) is 0 Å². The molecule has 1 aromatic rings. The highest BCUT2D eigenvalue weighted by molar-refractivity contribution is 5.89. The zero-order chi connectivity index (χ0) is 13.8. The van der Waals surface area contributed by atoms with Gasteiger partial charge in [0.2, 0.25) is 0 Å². The monoisotopic (exact) mass is 262 g/mol. The van der Waals surface area contributed by atoms with Crippen LogP contribution in [0.1, 0.15) is 31.9 Å². The molecule has 1 heterocycles. The lowest BCUT2D eigenvalue weighted by Crippen LogP contribution is -2.07. The van der Waals surface area contributed by atoms with Crippen molar-refractivity contribution >= 4 is 5.97 Å². The Bertz CT molecular complexity index is 487. The van der Waals surface area contributed by atoms with Crippen molar-refractivity contribution in [1.29, 1.82) is 0 Å². The summed E-state index contributed by atoms with van der Waals surface area (Å²) in [7, 11) is 1.63. The van der Waals surface area contributed by atoms with Gasteiger partial charge in [0.05, 0.1) is 19.3 Å². The zero-order valence-corrected chi connectivity index (χ0v) is 11.4. The number of hydrogen-bond acceptors (Lipinski definition) is 4. The standard InChI is InChI=1S/C15H18O4/c1-4-18-15(16)13-9-14(19-10(13)2)11-5-7-12(17-3)8-6-11/h5-8,14H,4,9H2,1-3H3. The topological polar surface area (TPSA) is 44.8 Å². The predicted molar refractivity (Wildman–Crippen MR) is 70.8 cm³/mol. The molecule has 1 aliphatic rings. The molecule has 1 aliphatic heterocycles. The van der Waals surface area contributed by atoms with E-state index < -0.39 is 0 Å². The summed E-state index contributed by atoms with van der Waals surface area (Å²) in [6.07, 6.45) is 0.432. The van der Waals surface area contributed by atoms with Gasteiger partial charge in [0, 0.05) is 6.42 Å². The van der Waals surface area contributed by atoms with E-state index in [2.05, 4.69) is 0 Å². The van der Waals surface area contributed by atoms with Crippen molar-refractivity contribution in [3.05, 3.63) is 41.2 Å². The molecule has 0 fully saturated rings. The summed E-state index contributed by atoms with van der Waals surface area (Å²) in [4.78, 5) is 11.8. The second-order valence-electron chi connectivity index (χ2n) is 4.34. The van der Waals surface area contributed by atoms with Gasteiger partial charge in [0.1, 0.15) is 17.6 Å². The van der Waals surface area contributed by atoms with Gasteiger partial charge in [0.15, 0.2) is 0 Å². The number of ether oxygens (including phenoxy) is 3. The van der Waals surface area contributed by atoms with Gasteiger partial charge < -0.3 is 14.2 Å². The predicted octanol–water partition coefficient (Wildman–Crippen LogP) is 2.99. The van der Waals surface area contributed by atoms with Crippen LogP contribution in [0.15, 0.2) is 35.6 Å². The average Bonchev–Trinajstić information content (AvgIpc) is 2.81. The first-order chi connectivity index (χ1) is 9.15. The van der Waals surface area contributed by atoms with Gasteiger partial charge in [-0.2, -0.15) is 0 Å². The lowest BCUT2D eigenvalue weighted by atomic mass is 10.0. The molecule has 4 nitrogen and oxygen atoms in total. The fourth-order valence-electron chi connectivity index (χ4n) is 2.11. The van der Waals surface area contributed by atoms with Crippen molar-refractivity contribution in [2.75, 3.05) is 13.7 Å². The summed E-state index contributed by atoms with van der Waals surface area (Å²) in [6.45, 7) is 3.98. The maximum absolute atomic E-state index is 11.8. The fraction of sp³-hybridized carbons (Fsp3) is 0.400. The summed E-state index contributed by atoms with van der Waals surface area (Å²) >= 11 is 0. The molecule has 0 saturated carbocycles. The fourth-order valence-corrected chi connectivity index (χ4v) is 2.11. The van der Waals surface area contributed by atoms with Crippen molar-refractivity contribution in [1.82, 2.24) is 0 Å². The molecule has 1 unspecified atom stereocenters. The minimum absolute atomic E-state index is 0.120. The van der Waals surface area contributed by atoms with E-state index in [1.165, 1.54) is 0 Å². The number of methoxy groups -OCH3 is 1. The number of carbonyl (C=O) groups excluding carboxylic acids is 1. The van der Waals surface area contributed by atoms with Crippen molar-refractivity contribution < 1.29 is 19.0 Å². The molecule has 2 rings (SSSR count). The Balaban J connectivity index is 2.08. The van der Waals surface area contributed by atoms with Gasteiger partial charge in [-0.1, -0.05) is 12.1 Å².